The third-order valence-electron chi connectivity index (χ3n) is 3.02. The quantitative estimate of drug-likeness (QED) is 0.734. The number of halogens is 1. The maximum Gasteiger partial charge on any atom is 0.335 e. The van der Waals surface area contributed by atoms with E-state index < -0.39 is 5.97 Å². The zero-order chi connectivity index (χ0) is 13.4. The Kier molecular flexibility index (Phi) is 2.56. The molecule has 0 radical (unpaired) electrons. The van der Waals surface area contributed by atoms with E-state index >= 15 is 0 Å². The van der Waals surface area contributed by atoms with Crippen molar-refractivity contribution in [3.63, 3.8) is 0 Å². The molecule has 0 bridgehead atoms. The van der Waals surface area contributed by atoms with Crippen molar-refractivity contribution >= 4 is 16.9 Å². The lowest BCUT2D eigenvalue weighted by Gasteiger charge is -1.96. The van der Waals surface area contributed by atoms with Gasteiger partial charge < -0.3 is 10.1 Å². The van der Waals surface area contributed by atoms with Gasteiger partial charge in [-0.3, -0.25) is 0 Å². The van der Waals surface area contributed by atoms with Crippen LogP contribution in [0.5, 0.6) is 0 Å². The average molecular weight is 255 g/mol. The maximum absolute atomic E-state index is 12.9. The van der Waals surface area contributed by atoms with Crippen molar-refractivity contribution in [1.29, 1.82) is 0 Å². The lowest BCUT2D eigenvalue weighted by atomic mass is 10.1. The summed E-state index contributed by atoms with van der Waals surface area (Å²) in [6.45, 7) is 0. The van der Waals surface area contributed by atoms with Crippen molar-refractivity contribution in [2.45, 2.75) is 0 Å². The number of aromatic amines is 1. The molecule has 3 rings (SSSR count). The highest BCUT2D eigenvalue weighted by Gasteiger charge is 2.07. The van der Waals surface area contributed by atoms with E-state index in [1.807, 2.05) is 6.07 Å². The predicted octanol–water partition coefficient (Wildman–Crippen LogP) is 3.67. The fourth-order valence-corrected chi connectivity index (χ4v) is 2.05. The van der Waals surface area contributed by atoms with Gasteiger partial charge in [-0.2, -0.15) is 0 Å². The third-order valence-corrected chi connectivity index (χ3v) is 3.02. The van der Waals surface area contributed by atoms with E-state index in [0.29, 0.717) is 0 Å². The van der Waals surface area contributed by atoms with E-state index in [4.69, 9.17) is 5.11 Å². The molecule has 0 amide bonds. The molecule has 3 aromatic rings. The lowest BCUT2D eigenvalue weighted by Crippen LogP contribution is -1.94. The molecule has 3 nitrogen and oxygen atoms in total. The molecule has 0 saturated heterocycles. The smallest absolute Gasteiger partial charge is 0.335 e. The van der Waals surface area contributed by atoms with Crippen LogP contribution >= 0.6 is 0 Å². The number of hydrogen-bond acceptors (Lipinski definition) is 1. The molecule has 0 unspecified atom stereocenters. The zero-order valence-electron chi connectivity index (χ0n) is 9.85. The van der Waals surface area contributed by atoms with Gasteiger partial charge >= 0.3 is 5.97 Å². The summed E-state index contributed by atoms with van der Waals surface area (Å²) >= 11 is 0. The van der Waals surface area contributed by atoms with E-state index in [0.717, 1.165) is 22.2 Å². The van der Waals surface area contributed by atoms with Crippen LogP contribution in [0.25, 0.3) is 22.2 Å². The molecule has 0 aliphatic heterocycles. The number of benzene rings is 2. The Bertz CT molecular complexity index is 759. The van der Waals surface area contributed by atoms with Gasteiger partial charge in [0.1, 0.15) is 5.82 Å². The van der Waals surface area contributed by atoms with Crippen LogP contribution in [0.3, 0.4) is 0 Å². The average Bonchev–Trinajstić information content (AvgIpc) is 2.82. The van der Waals surface area contributed by atoms with Gasteiger partial charge in [0.05, 0.1) is 5.56 Å². The minimum Gasteiger partial charge on any atom is -0.478 e. The minimum atomic E-state index is -0.952. The van der Waals surface area contributed by atoms with Crippen molar-refractivity contribution in [1.82, 2.24) is 4.98 Å². The van der Waals surface area contributed by atoms with Crippen LogP contribution < -0.4 is 0 Å². The predicted molar refractivity (Wildman–Crippen MR) is 70.7 cm³/mol. The van der Waals surface area contributed by atoms with Gasteiger partial charge in [0.2, 0.25) is 0 Å². The van der Waals surface area contributed by atoms with Crippen LogP contribution in [0.4, 0.5) is 4.39 Å². The van der Waals surface area contributed by atoms with Gasteiger partial charge in [0, 0.05) is 16.6 Å². The molecule has 2 aromatic carbocycles. The molecule has 0 fully saturated rings. The van der Waals surface area contributed by atoms with Crippen molar-refractivity contribution in [2.24, 2.45) is 0 Å². The summed E-state index contributed by atoms with van der Waals surface area (Å²) in [7, 11) is 0. The van der Waals surface area contributed by atoms with E-state index in [1.165, 1.54) is 12.1 Å². The maximum atomic E-state index is 12.9. The van der Waals surface area contributed by atoms with Crippen LogP contribution in [0.2, 0.25) is 0 Å². The standard InChI is InChI=1S/C15H10FNO2/c16-12-4-1-9(2-5-12)14-8-11-7-10(15(18)19)3-6-13(11)17-14/h1-8,17H,(H,18,19). The molecule has 2 N–H and O–H groups in total. The number of carboxylic acids is 1. The Morgan fingerprint density at radius 2 is 1.79 bits per heavy atom. The van der Waals surface area contributed by atoms with Gasteiger partial charge in [-0.25, -0.2) is 9.18 Å². The molecule has 4 heteroatoms. The van der Waals surface area contributed by atoms with Crippen LogP contribution in [0.15, 0.2) is 48.5 Å². The van der Waals surface area contributed by atoms with Gasteiger partial charge in [-0.15, -0.1) is 0 Å². The number of aromatic nitrogens is 1. The summed E-state index contributed by atoms with van der Waals surface area (Å²) in [6.07, 6.45) is 0. The van der Waals surface area contributed by atoms with Crippen molar-refractivity contribution in [2.75, 3.05) is 0 Å². The van der Waals surface area contributed by atoms with Crippen LogP contribution in [-0.4, -0.2) is 16.1 Å². The van der Waals surface area contributed by atoms with E-state index in [9.17, 15) is 9.18 Å². The molecule has 1 aromatic heterocycles. The number of rotatable bonds is 2. The molecule has 0 atom stereocenters. The molecule has 0 aliphatic rings. The SMILES string of the molecule is O=C(O)c1ccc2[nH]c(-c3ccc(F)cc3)cc2c1. The molecule has 1 heterocycles. The lowest BCUT2D eigenvalue weighted by molar-refractivity contribution is 0.0697. The van der Waals surface area contributed by atoms with Crippen molar-refractivity contribution in [3.05, 3.63) is 59.9 Å². The Balaban J connectivity index is 2.11. The Morgan fingerprint density at radius 1 is 1.05 bits per heavy atom. The first-order valence-electron chi connectivity index (χ1n) is 5.75. The van der Waals surface area contributed by atoms with Crippen molar-refractivity contribution in [3.8, 4) is 11.3 Å². The second-order valence-corrected chi connectivity index (χ2v) is 4.30. The largest absolute Gasteiger partial charge is 0.478 e. The minimum absolute atomic E-state index is 0.247. The van der Waals surface area contributed by atoms with Crippen LogP contribution in [0, 0.1) is 5.82 Å². The van der Waals surface area contributed by atoms with Gasteiger partial charge in [-0.05, 0) is 54.1 Å². The number of aromatic carboxylic acids is 1. The van der Waals surface area contributed by atoms with Gasteiger partial charge in [0.25, 0.3) is 0 Å². The highest BCUT2D eigenvalue weighted by molar-refractivity contribution is 5.95. The first-order chi connectivity index (χ1) is 9.13. The number of hydrogen-bond donors (Lipinski definition) is 2. The Labute approximate surface area is 108 Å². The Morgan fingerprint density at radius 3 is 2.47 bits per heavy atom. The summed E-state index contributed by atoms with van der Waals surface area (Å²) in [5.41, 5.74) is 2.79. The van der Waals surface area contributed by atoms with Crippen LogP contribution in [-0.2, 0) is 0 Å². The molecular weight excluding hydrogens is 245 g/mol. The van der Waals surface area contributed by atoms with Crippen LogP contribution in [0.1, 0.15) is 10.4 Å². The topological polar surface area (TPSA) is 53.1 Å². The summed E-state index contributed by atoms with van der Waals surface area (Å²) in [5.74, 6) is -1.24. The normalized spacial score (nSPS) is 10.8. The monoisotopic (exact) mass is 255 g/mol. The van der Waals surface area contributed by atoms with E-state index in [2.05, 4.69) is 4.98 Å². The van der Waals surface area contributed by atoms with Gasteiger partial charge in [-0.1, -0.05) is 0 Å². The second-order valence-electron chi connectivity index (χ2n) is 4.30. The summed E-state index contributed by atoms with van der Waals surface area (Å²) in [6, 6.07) is 12.9. The number of nitrogens with one attached hydrogen (secondary N) is 1. The molecule has 19 heavy (non-hydrogen) atoms. The number of fused-ring (bicyclic) bond motifs is 1. The first-order valence-corrected chi connectivity index (χ1v) is 5.75. The Hall–Kier alpha value is -2.62. The van der Waals surface area contributed by atoms with Gasteiger partial charge in [0.15, 0.2) is 0 Å². The van der Waals surface area contributed by atoms with E-state index in [-0.39, 0.29) is 11.4 Å². The number of H-pyrrole nitrogens is 1. The highest BCUT2D eigenvalue weighted by Crippen LogP contribution is 2.25. The van der Waals surface area contributed by atoms with E-state index in [1.54, 1.807) is 30.3 Å². The summed E-state index contributed by atoms with van der Waals surface area (Å²) < 4.78 is 12.9. The first kappa shape index (κ1) is 11.5. The number of carbonyl (C=O) groups is 1. The highest BCUT2D eigenvalue weighted by atomic mass is 19.1. The fourth-order valence-electron chi connectivity index (χ4n) is 2.05. The fraction of sp³-hybridized carbons (Fsp3) is 0. The molecular formula is C15H10FNO2. The molecule has 0 saturated carbocycles. The van der Waals surface area contributed by atoms with Crippen molar-refractivity contribution < 1.29 is 14.3 Å². The molecule has 94 valence electrons. The number of carboxylic acid groups (broad SMARTS) is 1. The second kappa shape index (κ2) is 4.24. The third kappa shape index (κ3) is 2.08. The zero-order valence-corrected chi connectivity index (χ0v) is 9.85. The molecule has 0 spiro atoms. The summed E-state index contributed by atoms with van der Waals surface area (Å²) in [5, 5.41) is 9.77. The molecule has 0 aliphatic carbocycles. The summed E-state index contributed by atoms with van der Waals surface area (Å²) in [4.78, 5) is 14.1.